The minimum absolute atomic E-state index is 0.0536. The third-order valence-electron chi connectivity index (χ3n) is 4.40. The fourth-order valence-corrected chi connectivity index (χ4v) is 3.11. The molecule has 1 aromatic heterocycles. The Kier molecular flexibility index (Phi) is 5.09. The van der Waals surface area contributed by atoms with Crippen LogP contribution in [-0.4, -0.2) is 35.6 Å². The van der Waals surface area contributed by atoms with Crippen LogP contribution >= 0.6 is 11.6 Å². The lowest BCUT2D eigenvalue weighted by Gasteiger charge is -2.30. The second-order valence-corrected chi connectivity index (χ2v) is 6.39. The van der Waals surface area contributed by atoms with Gasteiger partial charge < -0.3 is 9.64 Å². The molecule has 2 heterocycles. The molecule has 126 valence electrons. The molecule has 0 aromatic carbocycles. The van der Waals surface area contributed by atoms with Crippen LogP contribution in [0.3, 0.4) is 0 Å². The number of halogens is 1. The molecule has 23 heavy (non-hydrogen) atoms. The van der Waals surface area contributed by atoms with Gasteiger partial charge in [-0.3, -0.25) is 14.9 Å². The van der Waals surface area contributed by atoms with Gasteiger partial charge in [0.05, 0.1) is 22.0 Å². The largest absolute Gasteiger partial charge is 0.466 e. The number of rotatable bonds is 5. The van der Waals surface area contributed by atoms with Gasteiger partial charge in [0.25, 0.3) is 0 Å². The minimum Gasteiger partial charge on any atom is -0.466 e. The van der Waals surface area contributed by atoms with E-state index in [2.05, 4.69) is 4.98 Å². The predicted molar refractivity (Wildman–Crippen MR) is 86.6 cm³/mol. The SMILES string of the molecule is CCOC(=O)C1(C(C)C)CCN(c2ncc(Cl)cc2[N+](=O)[O-])C1. The fourth-order valence-electron chi connectivity index (χ4n) is 2.96. The number of pyridine rings is 1. The van der Waals surface area contributed by atoms with E-state index in [-0.39, 0.29) is 28.4 Å². The van der Waals surface area contributed by atoms with Crippen molar-refractivity contribution in [2.45, 2.75) is 27.2 Å². The molecule has 8 heteroatoms. The van der Waals surface area contributed by atoms with E-state index in [4.69, 9.17) is 16.3 Å². The lowest BCUT2D eigenvalue weighted by Crippen LogP contribution is -2.41. The number of hydrogen-bond donors (Lipinski definition) is 0. The number of aromatic nitrogens is 1. The van der Waals surface area contributed by atoms with Gasteiger partial charge in [0.1, 0.15) is 0 Å². The molecule has 0 N–H and O–H groups in total. The molecule has 1 fully saturated rings. The van der Waals surface area contributed by atoms with E-state index in [0.29, 0.717) is 26.1 Å². The first-order valence-corrected chi connectivity index (χ1v) is 7.91. The summed E-state index contributed by atoms with van der Waals surface area (Å²) in [6.45, 7) is 6.86. The maximum Gasteiger partial charge on any atom is 0.314 e. The first-order chi connectivity index (χ1) is 10.8. The Morgan fingerprint density at radius 2 is 2.30 bits per heavy atom. The predicted octanol–water partition coefficient (Wildman–Crippen LogP) is 3.06. The minimum atomic E-state index is -0.675. The molecule has 1 unspecified atom stereocenters. The van der Waals surface area contributed by atoms with Crippen molar-refractivity contribution in [3.05, 3.63) is 27.4 Å². The standard InChI is InChI=1S/C15H20ClN3O4/c1-4-23-14(20)15(10(2)3)5-6-18(9-15)13-12(19(21)22)7-11(16)8-17-13/h7-8,10H,4-6,9H2,1-3H3. The number of anilines is 1. The molecule has 0 radical (unpaired) electrons. The van der Waals surface area contributed by atoms with Gasteiger partial charge in [-0.1, -0.05) is 25.4 Å². The quantitative estimate of drug-likeness (QED) is 0.465. The van der Waals surface area contributed by atoms with Crippen molar-refractivity contribution in [3.63, 3.8) is 0 Å². The summed E-state index contributed by atoms with van der Waals surface area (Å²) < 4.78 is 5.23. The van der Waals surface area contributed by atoms with Crippen molar-refractivity contribution >= 4 is 29.1 Å². The summed E-state index contributed by atoms with van der Waals surface area (Å²) in [7, 11) is 0. The zero-order valence-corrected chi connectivity index (χ0v) is 14.2. The maximum absolute atomic E-state index is 12.4. The van der Waals surface area contributed by atoms with Gasteiger partial charge >= 0.3 is 11.7 Å². The van der Waals surface area contributed by atoms with Gasteiger partial charge in [0.15, 0.2) is 0 Å². The monoisotopic (exact) mass is 341 g/mol. The molecule has 1 saturated heterocycles. The highest BCUT2D eigenvalue weighted by Crippen LogP contribution is 2.42. The number of carbonyl (C=O) groups excluding carboxylic acids is 1. The van der Waals surface area contributed by atoms with Gasteiger partial charge in [0.2, 0.25) is 5.82 Å². The smallest absolute Gasteiger partial charge is 0.314 e. The van der Waals surface area contributed by atoms with E-state index >= 15 is 0 Å². The van der Waals surface area contributed by atoms with Gasteiger partial charge in [-0.2, -0.15) is 0 Å². The first kappa shape index (κ1) is 17.5. The van der Waals surface area contributed by atoms with Crippen molar-refractivity contribution in [2.24, 2.45) is 11.3 Å². The van der Waals surface area contributed by atoms with Crippen LogP contribution in [-0.2, 0) is 9.53 Å². The van der Waals surface area contributed by atoms with Crippen LogP contribution in [0.15, 0.2) is 12.3 Å². The summed E-state index contributed by atoms with van der Waals surface area (Å²) in [4.78, 5) is 29.1. The molecule has 2 rings (SSSR count). The lowest BCUT2D eigenvalue weighted by molar-refractivity contribution is -0.384. The topological polar surface area (TPSA) is 85.6 Å². The highest BCUT2D eigenvalue weighted by molar-refractivity contribution is 6.30. The highest BCUT2D eigenvalue weighted by atomic mass is 35.5. The van der Waals surface area contributed by atoms with Crippen LogP contribution in [0.1, 0.15) is 27.2 Å². The Hall–Kier alpha value is -1.89. The van der Waals surface area contributed by atoms with Crippen molar-refractivity contribution in [2.75, 3.05) is 24.6 Å². The van der Waals surface area contributed by atoms with Crippen molar-refractivity contribution in [1.29, 1.82) is 0 Å². The third-order valence-corrected chi connectivity index (χ3v) is 4.60. The van der Waals surface area contributed by atoms with Crippen LogP contribution in [0.5, 0.6) is 0 Å². The fraction of sp³-hybridized carbons (Fsp3) is 0.600. The van der Waals surface area contributed by atoms with Gasteiger partial charge in [-0.25, -0.2) is 4.98 Å². The zero-order valence-electron chi connectivity index (χ0n) is 13.4. The van der Waals surface area contributed by atoms with Gasteiger partial charge in [-0.05, 0) is 19.3 Å². The molecule has 0 aliphatic carbocycles. The molecular weight excluding hydrogens is 322 g/mol. The summed E-state index contributed by atoms with van der Waals surface area (Å²) in [5.41, 5.74) is -0.827. The van der Waals surface area contributed by atoms with E-state index < -0.39 is 10.3 Å². The van der Waals surface area contributed by atoms with Crippen LogP contribution < -0.4 is 4.90 Å². The number of nitro groups is 1. The van der Waals surface area contributed by atoms with Gasteiger partial charge in [-0.15, -0.1) is 0 Å². The van der Waals surface area contributed by atoms with E-state index in [0.717, 1.165) is 0 Å². The Balaban J connectivity index is 2.35. The summed E-state index contributed by atoms with van der Waals surface area (Å²) in [5.74, 6) is 0.0400. The number of esters is 1. The average Bonchev–Trinajstić information content (AvgIpc) is 2.93. The number of ether oxygens (including phenoxy) is 1. The Morgan fingerprint density at radius 3 is 2.87 bits per heavy atom. The normalized spacial score (nSPS) is 20.8. The van der Waals surface area contributed by atoms with Crippen LogP contribution in [0.2, 0.25) is 5.02 Å². The highest BCUT2D eigenvalue weighted by Gasteiger charge is 2.49. The molecule has 0 spiro atoms. The Labute approximate surface area is 139 Å². The molecule has 1 aliphatic heterocycles. The zero-order chi connectivity index (χ0) is 17.2. The molecular formula is C15H20ClN3O4. The molecule has 7 nitrogen and oxygen atoms in total. The van der Waals surface area contributed by atoms with Crippen LogP contribution in [0, 0.1) is 21.4 Å². The first-order valence-electron chi connectivity index (χ1n) is 7.54. The molecule has 1 aliphatic rings. The van der Waals surface area contributed by atoms with E-state index in [1.807, 2.05) is 13.8 Å². The molecule has 1 atom stereocenters. The summed E-state index contributed by atoms with van der Waals surface area (Å²) in [6.07, 6.45) is 1.95. The number of hydrogen-bond acceptors (Lipinski definition) is 6. The van der Waals surface area contributed by atoms with Crippen molar-refractivity contribution in [1.82, 2.24) is 4.98 Å². The summed E-state index contributed by atoms with van der Waals surface area (Å²) in [6, 6.07) is 1.28. The van der Waals surface area contributed by atoms with E-state index in [1.165, 1.54) is 12.3 Å². The van der Waals surface area contributed by atoms with E-state index in [1.54, 1.807) is 11.8 Å². The molecule has 0 amide bonds. The van der Waals surface area contributed by atoms with Gasteiger partial charge in [0, 0.05) is 25.4 Å². The van der Waals surface area contributed by atoms with Crippen molar-refractivity contribution < 1.29 is 14.5 Å². The second kappa shape index (κ2) is 6.70. The van der Waals surface area contributed by atoms with Crippen LogP contribution in [0.25, 0.3) is 0 Å². The number of nitrogens with zero attached hydrogens (tertiary/aromatic N) is 3. The lowest BCUT2D eigenvalue weighted by atomic mass is 9.76. The summed E-state index contributed by atoms with van der Waals surface area (Å²) in [5, 5.41) is 11.5. The van der Waals surface area contributed by atoms with Crippen LogP contribution in [0.4, 0.5) is 11.5 Å². The Bertz CT molecular complexity index is 623. The van der Waals surface area contributed by atoms with Crippen molar-refractivity contribution in [3.8, 4) is 0 Å². The third kappa shape index (κ3) is 3.24. The second-order valence-electron chi connectivity index (χ2n) is 5.96. The molecule has 0 saturated carbocycles. The number of carbonyl (C=O) groups is 1. The average molecular weight is 342 g/mol. The maximum atomic E-state index is 12.4. The molecule has 1 aromatic rings. The summed E-state index contributed by atoms with van der Waals surface area (Å²) >= 11 is 5.81. The van der Waals surface area contributed by atoms with E-state index in [9.17, 15) is 14.9 Å². The Morgan fingerprint density at radius 1 is 1.61 bits per heavy atom. The molecule has 0 bridgehead atoms.